The Morgan fingerprint density at radius 3 is 2.32 bits per heavy atom. The molecule has 0 fully saturated rings. The zero-order chi connectivity index (χ0) is 16.0. The van der Waals surface area contributed by atoms with Crippen LogP contribution in [0.2, 0.25) is 0 Å². The van der Waals surface area contributed by atoms with Crippen LogP contribution in [0.3, 0.4) is 0 Å². The van der Waals surface area contributed by atoms with Crippen molar-refractivity contribution in [3.05, 3.63) is 65.7 Å². The van der Waals surface area contributed by atoms with Crippen LogP contribution in [0.1, 0.15) is 24.5 Å². The lowest BCUT2D eigenvalue weighted by atomic mass is 10.1. The summed E-state index contributed by atoms with van der Waals surface area (Å²) < 4.78 is 27.2. The average molecular weight is 314 g/mol. The van der Waals surface area contributed by atoms with Crippen molar-refractivity contribution in [2.75, 3.05) is 0 Å². The van der Waals surface area contributed by atoms with E-state index in [0.717, 1.165) is 12.8 Å². The fraction of sp³-hybridized carbons (Fsp3) is 0.235. The molecular formula is C17H18N2O2S. The van der Waals surface area contributed by atoms with Crippen LogP contribution in [-0.2, 0) is 16.4 Å². The van der Waals surface area contributed by atoms with Gasteiger partial charge in [-0.05, 0) is 49.6 Å². The van der Waals surface area contributed by atoms with E-state index in [1.807, 2.05) is 43.3 Å². The van der Waals surface area contributed by atoms with Gasteiger partial charge >= 0.3 is 0 Å². The maximum Gasteiger partial charge on any atom is 0.240 e. The second kappa shape index (κ2) is 7.21. The van der Waals surface area contributed by atoms with E-state index in [9.17, 15) is 8.42 Å². The maximum absolute atomic E-state index is 12.3. The molecule has 2 aromatic carbocycles. The molecule has 5 heteroatoms. The van der Waals surface area contributed by atoms with Crippen LogP contribution in [-0.4, -0.2) is 14.5 Å². The molecule has 0 aliphatic heterocycles. The fourth-order valence-corrected chi connectivity index (χ4v) is 3.41. The molecule has 114 valence electrons. The van der Waals surface area contributed by atoms with Crippen molar-refractivity contribution in [2.24, 2.45) is 0 Å². The van der Waals surface area contributed by atoms with Gasteiger partial charge in [0.15, 0.2) is 0 Å². The number of aryl methyl sites for hydroxylation is 1. The van der Waals surface area contributed by atoms with Crippen molar-refractivity contribution in [3.63, 3.8) is 0 Å². The number of hydrogen-bond donors (Lipinski definition) is 1. The Labute approximate surface area is 131 Å². The summed E-state index contributed by atoms with van der Waals surface area (Å²) in [6.07, 6.45) is 1.54. The first kappa shape index (κ1) is 16.2. The van der Waals surface area contributed by atoms with Crippen molar-refractivity contribution < 1.29 is 8.42 Å². The number of benzene rings is 2. The summed E-state index contributed by atoms with van der Waals surface area (Å²) in [7, 11) is -3.55. The summed E-state index contributed by atoms with van der Waals surface area (Å²) in [5.41, 5.74) is 1.63. The highest BCUT2D eigenvalue weighted by molar-refractivity contribution is 7.89. The highest BCUT2D eigenvalue weighted by Gasteiger charge is 2.17. The third-order valence-electron chi connectivity index (χ3n) is 3.36. The van der Waals surface area contributed by atoms with E-state index in [2.05, 4.69) is 4.72 Å². The predicted molar refractivity (Wildman–Crippen MR) is 85.7 cm³/mol. The van der Waals surface area contributed by atoms with Crippen molar-refractivity contribution in [2.45, 2.75) is 30.7 Å². The molecule has 0 saturated heterocycles. The van der Waals surface area contributed by atoms with Crippen LogP contribution in [0, 0.1) is 11.3 Å². The van der Waals surface area contributed by atoms with Crippen molar-refractivity contribution in [1.82, 2.24) is 4.72 Å². The average Bonchev–Trinajstić information content (AvgIpc) is 2.53. The molecule has 0 amide bonds. The Morgan fingerprint density at radius 2 is 1.73 bits per heavy atom. The van der Waals surface area contributed by atoms with E-state index in [-0.39, 0.29) is 10.9 Å². The van der Waals surface area contributed by atoms with E-state index >= 15 is 0 Å². The van der Waals surface area contributed by atoms with Crippen LogP contribution in [0.25, 0.3) is 0 Å². The molecule has 1 atom stereocenters. The van der Waals surface area contributed by atoms with Crippen LogP contribution >= 0.6 is 0 Å². The van der Waals surface area contributed by atoms with E-state index < -0.39 is 10.0 Å². The topological polar surface area (TPSA) is 70.0 Å². The summed E-state index contributed by atoms with van der Waals surface area (Å²) in [6, 6.07) is 17.7. The predicted octanol–water partition coefficient (Wildman–Crippen LogP) is 2.86. The van der Waals surface area contributed by atoms with Gasteiger partial charge in [0.25, 0.3) is 0 Å². The summed E-state index contributed by atoms with van der Waals surface area (Å²) in [4.78, 5) is 0.179. The molecule has 0 aliphatic rings. The molecule has 2 rings (SSSR count). The minimum absolute atomic E-state index is 0.166. The third-order valence-corrected chi connectivity index (χ3v) is 4.96. The van der Waals surface area contributed by atoms with Crippen molar-refractivity contribution in [3.8, 4) is 6.07 Å². The zero-order valence-corrected chi connectivity index (χ0v) is 13.2. The summed E-state index contributed by atoms with van der Waals surface area (Å²) >= 11 is 0. The maximum atomic E-state index is 12.3. The van der Waals surface area contributed by atoms with Crippen molar-refractivity contribution in [1.29, 1.82) is 5.26 Å². The largest absolute Gasteiger partial charge is 0.240 e. The molecule has 0 spiro atoms. The van der Waals surface area contributed by atoms with Gasteiger partial charge in [-0.1, -0.05) is 30.3 Å². The van der Waals surface area contributed by atoms with Gasteiger partial charge in [0.05, 0.1) is 16.5 Å². The first-order valence-corrected chi connectivity index (χ1v) is 8.56. The van der Waals surface area contributed by atoms with E-state index in [1.54, 1.807) is 0 Å². The second-order valence-electron chi connectivity index (χ2n) is 5.18. The van der Waals surface area contributed by atoms with Gasteiger partial charge in [-0.3, -0.25) is 0 Å². The normalized spacial score (nSPS) is 12.5. The fourth-order valence-electron chi connectivity index (χ4n) is 2.13. The van der Waals surface area contributed by atoms with Crippen LogP contribution in [0.5, 0.6) is 0 Å². The molecule has 0 radical (unpaired) electrons. The zero-order valence-electron chi connectivity index (χ0n) is 12.4. The van der Waals surface area contributed by atoms with E-state index in [4.69, 9.17) is 5.26 Å². The number of rotatable bonds is 6. The van der Waals surface area contributed by atoms with Gasteiger partial charge in [0.1, 0.15) is 0 Å². The molecule has 0 unspecified atom stereocenters. The van der Waals surface area contributed by atoms with Crippen LogP contribution in [0.4, 0.5) is 0 Å². The van der Waals surface area contributed by atoms with Gasteiger partial charge in [-0.2, -0.15) is 5.26 Å². The minimum Gasteiger partial charge on any atom is -0.208 e. The monoisotopic (exact) mass is 314 g/mol. The SMILES string of the molecule is C[C@@H](CCc1ccccc1)NS(=O)(=O)c1ccc(C#N)cc1. The highest BCUT2D eigenvalue weighted by Crippen LogP contribution is 2.12. The summed E-state index contributed by atoms with van der Waals surface area (Å²) in [5.74, 6) is 0. The Hall–Kier alpha value is -2.16. The molecule has 4 nitrogen and oxygen atoms in total. The second-order valence-corrected chi connectivity index (χ2v) is 6.90. The Morgan fingerprint density at radius 1 is 1.09 bits per heavy atom. The van der Waals surface area contributed by atoms with Crippen LogP contribution < -0.4 is 4.72 Å². The molecule has 0 heterocycles. The molecule has 2 aromatic rings. The molecule has 0 bridgehead atoms. The first-order valence-electron chi connectivity index (χ1n) is 7.08. The Bertz CT molecular complexity index is 747. The molecule has 0 aromatic heterocycles. The minimum atomic E-state index is -3.55. The van der Waals surface area contributed by atoms with Gasteiger partial charge in [-0.25, -0.2) is 13.1 Å². The number of nitriles is 1. The smallest absolute Gasteiger partial charge is 0.208 e. The van der Waals surface area contributed by atoms with Gasteiger partial charge in [0.2, 0.25) is 10.0 Å². The van der Waals surface area contributed by atoms with Crippen molar-refractivity contribution >= 4 is 10.0 Å². The van der Waals surface area contributed by atoms with Gasteiger partial charge in [-0.15, -0.1) is 0 Å². The number of sulfonamides is 1. The van der Waals surface area contributed by atoms with E-state index in [1.165, 1.54) is 29.8 Å². The summed E-state index contributed by atoms with van der Waals surface area (Å²) in [5, 5.41) is 8.74. The molecule has 22 heavy (non-hydrogen) atoms. The number of nitrogens with zero attached hydrogens (tertiary/aromatic N) is 1. The molecular weight excluding hydrogens is 296 g/mol. The lowest BCUT2D eigenvalue weighted by Gasteiger charge is -2.14. The highest BCUT2D eigenvalue weighted by atomic mass is 32.2. The molecule has 1 N–H and O–H groups in total. The number of hydrogen-bond acceptors (Lipinski definition) is 3. The first-order chi connectivity index (χ1) is 10.5. The summed E-state index contributed by atoms with van der Waals surface area (Å²) in [6.45, 7) is 1.85. The Balaban J connectivity index is 1.97. The van der Waals surface area contributed by atoms with Crippen LogP contribution in [0.15, 0.2) is 59.5 Å². The lowest BCUT2D eigenvalue weighted by molar-refractivity contribution is 0.547. The Kier molecular flexibility index (Phi) is 5.31. The van der Waals surface area contributed by atoms with Gasteiger partial charge in [0, 0.05) is 6.04 Å². The number of nitrogens with one attached hydrogen (secondary N) is 1. The lowest BCUT2D eigenvalue weighted by Crippen LogP contribution is -2.32. The quantitative estimate of drug-likeness (QED) is 0.891. The molecule has 0 saturated carbocycles. The standard InChI is InChI=1S/C17H18N2O2S/c1-14(7-8-15-5-3-2-4-6-15)19-22(20,21)17-11-9-16(13-18)10-12-17/h2-6,9-12,14,19H,7-8H2,1H3/t14-/m0/s1. The van der Waals surface area contributed by atoms with Gasteiger partial charge < -0.3 is 0 Å². The van der Waals surface area contributed by atoms with E-state index in [0.29, 0.717) is 5.56 Å². The molecule has 0 aliphatic carbocycles. The third kappa shape index (κ3) is 4.42.